The third kappa shape index (κ3) is 5.74. The Labute approximate surface area is 207 Å². The van der Waals surface area contributed by atoms with E-state index in [1.165, 1.54) is 18.5 Å². The minimum absolute atomic E-state index is 0.0395. The first-order valence-electron chi connectivity index (χ1n) is 10.1. The van der Waals surface area contributed by atoms with Crippen LogP contribution >= 0.6 is 23.2 Å². The molecule has 11 heteroatoms. The van der Waals surface area contributed by atoms with Crippen molar-refractivity contribution in [2.24, 2.45) is 0 Å². The predicted octanol–water partition coefficient (Wildman–Crippen LogP) is 6.08. The van der Waals surface area contributed by atoms with Crippen LogP contribution in [0, 0.1) is 13.8 Å². The van der Waals surface area contributed by atoms with Gasteiger partial charge in [-0.3, -0.25) is 4.72 Å². The highest BCUT2D eigenvalue weighted by Gasteiger charge is 2.19. The average molecular weight is 515 g/mol. The van der Waals surface area contributed by atoms with E-state index in [1.54, 1.807) is 43.5 Å². The Hall–Kier alpha value is -3.40. The molecule has 2 aromatic carbocycles. The van der Waals surface area contributed by atoms with Gasteiger partial charge in [0.2, 0.25) is 0 Å². The molecule has 0 atom stereocenters. The number of hydrogen-bond donors (Lipinski definition) is 3. The molecule has 2 aromatic heterocycles. The second-order valence-corrected chi connectivity index (χ2v) is 9.94. The summed E-state index contributed by atoms with van der Waals surface area (Å²) in [7, 11) is -3.89. The highest BCUT2D eigenvalue weighted by Crippen LogP contribution is 2.30. The normalized spacial score (nSPS) is 11.2. The summed E-state index contributed by atoms with van der Waals surface area (Å²) in [5.41, 5.74) is 2.78. The average Bonchev–Trinajstić information content (AvgIpc) is 2.77. The Morgan fingerprint density at radius 3 is 2.09 bits per heavy atom. The second-order valence-electron chi connectivity index (χ2n) is 7.47. The largest absolute Gasteiger partial charge is 0.340 e. The van der Waals surface area contributed by atoms with E-state index in [0.717, 1.165) is 5.56 Å². The molecule has 0 fully saturated rings. The summed E-state index contributed by atoms with van der Waals surface area (Å²) >= 11 is 12.1. The van der Waals surface area contributed by atoms with Crippen molar-refractivity contribution in [2.45, 2.75) is 18.7 Å². The smallest absolute Gasteiger partial charge is 0.263 e. The molecule has 0 aliphatic heterocycles. The summed E-state index contributed by atoms with van der Waals surface area (Å²) in [6.07, 6.45) is 3.15. The van der Waals surface area contributed by atoms with E-state index in [2.05, 4.69) is 30.3 Å². The van der Waals surface area contributed by atoms with Crippen LogP contribution in [0.3, 0.4) is 0 Å². The van der Waals surface area contributed by atoms with Gasteiger partial charge < -0.3 is 10.6 Å². The van der Waals surface area contributed by atoms with Crippen molar-refractivity contribution in [3.8, 4) is 0 Å². The fraction of sp³-hybridized carbons (Fsp3) is 0.0870. The van der Waals surface area contributed by atoms with Crippen molar-refractivity contribution >= 4 is 62.1 Å². The van der Waals surface area contributed by atoms with Gasteiger partial charge in [0.25, 0.3) is 10.0 Å². The molecule has 8 nitrogen and oxygen atoms in total. The number of nitrogens with one attached hydrogen (secondary N) is 3. The van der Waals surface area contributed by atoms with E-state index in [-0.39, 0.29) is 9.92 Å². The Morgan fingerprint density at radius 1 is 0.735 bits per heavy atom. The van der Waals surface area contributed by atoms with E-state index in [1.807, 2.05) is 19.1 Å². The van der Waals surface area contributed by atoms with Crippen LogP contribution in [0.15, 0.2) is 72.0 Å². The first-order valence-corrected chi connectivity index (χ1v) is 12.3. The first-order chi connectivity index (χ1) is 16.2. The molecule has 4 rings (SSSR count). The molecule has 3 N–H and O–H groups in total. The van der Waals surface area contributed by atoms with Crippen molar-refractivity contribution in [3.63, 3.8) is 0 Å². The highest BCUT2D eigenvalue weighted by molar-refractivity contribution is 7.92. The Morgan fingerprint density at radius 2 is 1.38 bits per heavy atom. The van der Waals surface area contributed by atoms with E-state index < -0.39 is 10.0 Å². The third-order valence-electron chi connectivity index (χ3n) is 4.75. The van der Waals surface area contributed by atoms with Crippen LogP contribution in [-0.4, -0.2) is 23.4 Å². The van der Waals surface area contributed by atoms with Gasteiger partial charge in [-0.1, -0.05) is 23.2 Å². The van der Waals surface area contributed by atoms with Crippen LogP contribution in [0.25, 0.3) is 0 Å². The molecule has 0 aliphatic rings. The van der Waals surface area contributed by atoms with E-state index in [9.17, 15) is 8.42 Å². The first kappa shape index (κ1) is 23.7. The predicted molar refractivity (Wildman–Crippen MR) is 136 cm³/mol. The number of benzene rings is 2. The number of aryl methyl sites for hydroxylation is 2. The van der Waals surface area contributed by atoms with Crippen LogP contribution < -0.4 is 15.4 Å². The third-order valence-corrected chi connectivity index (χ3v) is 7.00. The van der Waals surface area contributed by atoms with Crippen molar-refractivity contribution in [1.29, 1.82) is 0 Å². The lowest BCUT2D eigenvalue weighted by atomic mass is 10.2. The monoisotopic (exact) mass is 514 g/mol. The molecule has 174 valence electrons. The summed E-state index contributed by atoms with van der Waals surface area (Å²) in [4.78, 5) is 12.7. The minimum atomic E-state index is -3.89. The lowest BCUT2D eigenvalue weighted by molar-refractivity contribution is 0.601. The summed E-state index contributed by atoms with van der Waals surface area (Å²) in [6, 6.07) is 15.1. The maximum Gasteiger partial charge on any atom is 0.263 e. The number of sulfonamides is 1. The maximum absolute atomic E-state index is 12.8. The van der Waals surface area contributed by atoms with Gasteiger partial charge in [-0.2, -0.15) is 0 Å². The minimum Gasteiger partial charge on any atom is -0.340 e. The van der Waals surface area contributed by atoms with Gasteiger partial charge in [-0.05, 0) is 73.5 Å². The number of halogens is 2. The molecule has 0 radical (unpaired) electrons. The molecule has 0 unspecified atom stereocenters. The number of anilines is 5. The van der Waals surface area contributed by atoms with Crippen molar-refractivity contribution in [3.05, 3.63) is 88.3 Å². The Balaban J connectivity index is 1.46. The molecule has 0 saturated heterocycles. The Kier molecular flexibility index (Phi) is 6.87. The highest BCUT2D eigenvalue weighted by atomic mass is 35.5. The van der Waals surface area contributed by atoms with E-state index >= 15 is 0 Å². The fourth-order valence-corrected chi connectivity index (χ4v) is 4.94. The van der Waals surface area contributed by atoms with Crippen molar-refractivity contribution < 1.29 is 8.42 Å². The fourth-order valence-electron chi connectivity index (χ4n) is 3.05. The van der Waals surface area contributed by atoms with Crippen LogP contribution in [-0.2, 0) is 10.0 Å². The number of nitrogens with zero attached hydrogens (tertiary/aromatic N) is 3. The van der Waals surface area contributed by atoms with Crippen LogP contribution in [0.4, 0.5) is 28.8 Å². The van der Waals surface area contributed by atoms with E-state index in [4.69, 9.17) is 23.2 Å². The summed E-state index contributed by atoms with van der Waals surface area (Å²) in [5.74, 6) is 1.81. The lowest BCUT2D eigenvalue weighted by Crippen LogP contribution is -2.13. The van der Waals surface area contributed by atoms with Crippen LogP contribution in [0.5, 0.6) is 0 Å². The molecule has 34 heavy (non-hydrogen) atoms. The van der Waals surface area contributed by atoms with Gasteiger partial charge in [0, 0.05) is 28.7 Å². The molecular weight excluding hydrogens is 495 g/mol. The molecular formula is C23H20Cl2N6O2S. The number of pyridine rings is 1. The standard InChI is InChI=1S/C23H20Cl2N6O2S/c1-14-7-8-26-21(9-14)30-23-12-22(27-13-28-23)29-16-3-5-17(6-4-16)31-34(32,33)20-10-15(2)18(24)11-19(20)25/h3-13,31H,1-2H3,(H2,26,27,28,29,30). The summed E-state index contributed by atoms with van der Waals surface area (Å²) < 4.78 is 28.1. The van der Waals surface area contributed by atoms with Crippen LogP contribution in [0.2, 0.25) is 10.0 Å². The SMILES string of the molecule is Cc1ccnc(Nc2cc(Nc3ccc(NS(=O)(=O)c4cc(C)c(Cl)cc4Cl)cc3)ncn2)c1. The van der Waals surface area contributed by atoms with Gasteiger partial charge in [0.15, 0.2) is 0 Å². The summed E-state index contributed by atoms with van der Waals surface area (Å²) in [5, 5.41) is 6.75. The van der Waals surface area contributed by atoms with Gasteiger partial charge in [0.1, 0.15) is 28.7 Å². The molecule has 0 aliphatic carbocycles. The molecule has 4 aromatic rings. The Bertz CT molecular complexity index is 1450. The molecule has 2 heterocycles. The molecule has 0 saturated carbocycles. The van der Waals surface area contributed by atoms with Gasteiger partial charge in [-0.15, -0.1) is 0 Å². The zero-order valence-electron chi connectivity index (χ0n) is 18.2. The quantitative estimate of drug-likeness (QED) is 0.274. The lowest BCUT2D eigenvalue weighted by Gasteiger charge is -2.12. The molecule has 0 amide bonds. The van der Waals surface area contributed by atoms with Gasteiger partial charge in [-0.25, -0.2) is 23.4 Å². The second kappa shape index (κ2) is 9.84. The summed E-state index contributed by atoms with van der Waals surface area (Å²) in [6.45, 7) is 3.69. The topological polar surface area (TPSA) is 109 Å². The molecule has 0 spiro atoms. The maximum atomic E-state index is 12.8. The van der Waals surface area contributed by atoms with Crippen molar-refractivity contribution in [2.75, 3.05) is 15.4 Å². The zero-order valence-corrected chi connectivity index (χ0v) is 20.5. The van der Waals surface area contributed by atoms with Crippen LogP contribution in [0.1, 0.15) is 11.1 Å². The van der Waals surface area contributed by atoms with Gasteiger partial charge in [0.05, 0.1) is 5.02 Å². The van der Waals surface area contributed by atoms with Gasteiger partial charge >= 0.3 is 0 Å². The number of rotatable bonds is 7. The van der Waals surface area contributed by atoms with Crippen molar-refractivity contribution in [1.82, 2.24) is 15.0 Å². The molecule has 0 bridgehead atoms. The number of aromatic nitrogens is 3. The zero-order chi connectivity index (χ0) is 24.3. The van der Waals surface area contributed by atoms with E-state index in [0.29, 0.717) is 39.4 Å². The number of hydrogen-bond acceptors (Lipinski definition) is 7.